The minimum absolute atomic E-state index is 0.0744. The van der Waals surface area contributed by atoms with Gasteiger partial charge in [-0.05, 0) is 144 Å². The first-order valence-corrected chi connectivity index (χ1v) is 30.0. The number of hydrogen-bond donors (Lipinski definition) is 4. The zero-order chi connectivity index (χ0) is 59.6. The standard InChI is InChI=1S/C64H66N4O13S2/c1-7-9-15-30-64(31-34-66(35-32-64)60(72)41-20-25-46(49(36-41)61(73)74)59-47-26-21-42(69)37-54(47)80-55-38-43(70)22-27-48(55)59)65-58(71)19-14-11-16-33-68-53-28-23-44(81-82(75)76)39-50(53)62(3,4)57(68)18-13-10-12-17-56-63(5,6)51-40-45(83(77,78)79)24-29-52(51)67(56)8-2/h10,12-13,17-18,20-29,36-40H,8,11,14-16,19,30-35H2,1-6H3,(H4-,65,69,70,71,73,74,75,76,77,78,79). The SMILES string of the molecule is CC#CCCC1(NC(=O)CCCCC[N+]2=C(/C=C/C=C/C=C3/N(CC)c4ccc(S(=O)(=O)O)cc4C3(C)C)C(C)(C)c3cc(OS(=O)[O-])ccc32)CCN(C(=O)c2ccc(-c3c4ccc(=O)cc-4oc4cc(O)ccc34)c(C(=O)O)c2)CC1. The maximum absolute atomic E-state index is 14.2. The number of anilines is 1. The Morgan fingerprint density at radius 1 is 0.892 bits per heavy atom. The number of carbonyl (C=O) groups is 3. The molecule has 5 aliphatic rings. The summed E-state index contributed by atoms with van der Waals surface area (Å²) in [4.78, 5) is 57.0. The van der Waals surface area contributed by atoms with Crippen LogP contribution in [0.4, 0.5) is 11.4 Å². The number of likely N-dealkylation sites (N-methyl/N-ethyl adjacent to an activating group) is 1. The molecule has 1 aliphatic carbocycles. The molecular weight excluding hydrogens is 1100 g/mol. The number of rotatable bonds is 19. The minimum Gasteiger partial charge on any atom is -0.740 e. The number of hydrogen-bond acceptors (Lipinski definition) is 12. The van der Waals surface area contributed by atoms with E-state index in [0.29, 0.717) is 80.4 Å². The molecule has 1 unspecified atom stereocenters. The van der Waals surface area contributed by atoms with Crippen molar-refractivity contribution in [2.24, 2.45) is 0 Å². The highest BCUT2D eigenvalue weighted by molar-refractivity contribution is 7.85. The molecule has 4 N–H and O–H groups in total. The fourth-order valence-corrected chi connectivity index (χ4v) is 12.8. The van der Waals surface area contributed by atoms with Gasteiger partial charge < -0.3 is 38.5 Å². The van der Waals surface area contributed by atoms with Crippen LogP contribution in [0.15, 0.2) is 141 Å². The second-order valence-corrected chi connectivity index (χ2v) is 24.2. The van der Waals surface area contributed by atoms with E-state index in [1.807, 2.05) is 57.2 Å². The number of phenols is 1. The Hall–Kier alpha value is -8.15. The lowest BCUT2D eigenvalue weighted by atomic mass is 9.81. The largest absolute Gasteiger partial charge is 0.740 e. The average Bonchev–Trinajstić information content (AvgIpc) is 3.59. The maximum Gasteiger partial charge on any atom is 0.336 e. The first-order chi connectivity index (χ1) is 39.5. The third kappa shape index (κ3) is 12.3. The first-order valence-electron chi connectivity index (χ1n) is 27.6. The van der Waals surface area contributed by atoms with Gasteiger partial charge in [-0.2, -0.15) is 13.0 Å². The van der Waals surface area contributed by atoms with E-state index < -0.39 is 43.8 Å². The molecular formula is C64H66N4O13S2. The molecule has 83 heavy (non-hydrogen) atoms. The van der Waals surface area contributed by atoms with Gasteiger partial charge in [0.1, 0.15) is 40.7 Å². The average molecular weight is 1160 g/mol. The van der Waals surface area contributed by atoms with Crippen LogP contribution in [0.5, 0.6) is 11.5 Å². The summed E-state index contributed by atoms with van der Waals surface area (Å²) in [6.07, 6.45) is 14.2. The predicted octanol–water partition coefficient (Wildman–Crippen LogP) is 10.7. The number of carboxylic acid groups (broad SMARTS) is 1. The predicted molar refractivity (Wildman–Crippen MR) is 318 cm³/mol. The minimum atomic E-state index is -4.39. The van der Waals surface area contributed by atoms with E-state index in [1.165, 1.54) is 42.5 Å². The molecule has 1 saturated heterocycles. The van der Waals surface area contributed by atoms with E-state index in [4.69, 9.17) is 8.60 Å². The van der Waals surface area contributed by atoms with Crippen molar-refractivity contribution in [2.45, 2.75) is 114 Å². The number of nitrogens with zero attached hydrogens (tertiary/aromatic N) is 3. The van der Waals surface area contributed by atoms with Crippen LogP contribution in [0.3, 0.4) is 0 Å². The molecule has 9 rings (SSSR count). The number of aromatic carboxylic acids is 1. The van der Waals surface area contributed by atoms with Gasteiger partial charge in [-0.15, -0.1) is 11.8 Å². The monoisotopic (exact) mass is 1160 g/mol. The van der Waals surface area contributed by atoms with Crippen molar-refractivity contribution in [1.82, 2.24) is 10.2 Å². The number of aromatic hydroxyl groups is 1. The van der Waals surface area contributed by atoms with Crippen molar-refractivity contribution in [1.29, 1.82) is 0 Å². The summed E-state index contributed by atoms with van der Waals surface area (Å²) in [5, 5.41) is 24.6. The number of phenolic OH excluding ortho intramolecular Hbond substituents is 1. The fourth-order valence-electron chi connectivity index (χ4n) is 12.0. The lowest BCUT2D eigenvalue weighted by molar-refractivity contribution is -0.438. The molecule has 4 aromatic rings. The van der Waals surface area contributed by atoms with Gasteiger partial charge >= 0.3 is 5.97 Å². The number of nitrogens with one attached hydrogen (secondary N) is 1. The number of likely N-dealkylation sites (tertiary alicyclic amines) is 1. The highest BCUT2D eigenvalue weighted by atomic mass is 32.2. The summed E-state index contributed by atoms with van der Waals surface area (Å²) in [5.41, 5.74) is 4.89. The smallest absolute Gasteiger partial charge is 0.336 e. The van der Waals surface area contributed by atoms with E-state index in [1.54, 1.807) is 54.3 Å². The third-order valence-corrected chi connectivity index (χ3v) is 17.5. The van der Waals surface area contributed by atoms with Crippen LogP contribution in [-0.4, -0.2) is 96.6 Å². The zero-order valence-electron chi connectivity index (χ0n) is 47.1. The number of carboxylic acids is 1. The molecule has 1 atom stereocenters. The zero-order valence-corrected chi connectivity index (χ0v) is 48.7. The Labute approximate surface area is 485 Å². The summed E-state index contributed by atoms with van der Waals surface area (Å²) in [6.45, 7) is 13.8. The van der Waals surface area contributed by atoms with Gasteiger partial charge in [0, 0.05) is 113 Å². The van der Waals surface area contributed by atoms with Crippen molar-refractivity contribution in [3.63, 3.8) is 0 Å². The molecule has 0 aromatic heterocycles. The van der Waals surface area contributed by atoms with E-state index in [0.717, 1.165) is 46.8 Å². The summed E-state index contributed by atoms with van der Waals surface area (Å²) in [6, 6.07) is 23.1. The van der Waals surface area contributed by atoms with Crippen LogP contribution in [0.1, 0.15) is 125 Å². The van der Waals surface area contributed by atoms with Gasteiger partial charge in [0.15, 0.2) is 11.1 Å². The van der Waals surface area contributed by atoms with Crippen LogP contribution in [0.2, 0.25) is 0 Å². The molecule has 2 amide bonds. The van der Waals surface area contributed by atoms with Gasteiger partial charge in [-0.25, -0.2) is 9.00 Å². The number of carbonyl (C=O) groups excluding carboxylic acids is 2. The number of benzene rings is 5. The van der Waals surface area contributed by atoms with Crippen LogP contribution in [0.25, 0.3) is 33.4 Å². The quantitative estimate of drug-likeness (QED) is 0.0112. The van der Waals surface area contributed by atoms with Crippen molar-refractivity contribution < 1.29 is 59.5 Å². The molecule has 4 aliphatic heterocycles. The van der Waals surface area contributed by atoms with Crippen molar-refractivity contribution in [3.05, 3.63) is 160 Å². The molecule has 432 valence electrons. The van der Waals surface area contributed by atoms with Gasteiger partial charge in [0.2, 0.25) is 11.6 Å². The van der Waals surface area contributed by atoms with E-state index >= 15 is 0 Å². The Morgan fingerprint density at radius 2 is 1.65 bits per heavy atom. The molecule has 4 heterocycles. The Kier molecular flexibility index (Phi) is 17.2. The fraction of sp³-hybridized carbons (Fsp3) is 0.328. The molecule has 0 saturated carbocycles. The summed E-state index contributed by atoms with van der Waals surface area (Å²) < 4.78 is 70.1. The van der Waals surface area contributed by atoms with Gasteiger partial charge in [0.25, 0.3) is 16.0 Å². The first kappa shape index (κ1) is 59.5. The topological polar surface area (TPSA) is 247 Å². The summed E-state index contributed by atoms with van der Waals surface area (Å²) in [7, 11) is -4.39. The molecule has 0 spiro atoms. The van der Waals surface area contributed by atoms with E-state index in [-0.39, 0.29) is 62.5 Å². The number of unbranched alkanes of at least 4 members (excludes halogenated alkanes) is 2. The second-order valence-electron chi connectivity index (χ2n) is 22.2. The Balaban J connectivity index is 0.862. The van der Waals surface area contributed by atoms with Gasteiger partial charge in [-0.3, -0.25) is 18.9 Å². The Bertz CT molecular complexity index is 3950. The lowest BCUT2D eigenvalue weighted by Crippen LogP contribution is -2.56. The van der Waals surface area contributed by atoms with E-state index in [2.05, 4.69) is 40.5 Å². The highest BCUT2D eigenvalue weighted by Crippen LogP contribution is 2.49. The normalized spacial score (nSPS) is 17.0. The number of piperidine rings is 1. The van der Waals surface area contributed by atoms with Crippen LogP contribution < -0.4 is 19.8 Å². The van der Waals surface area contributed by atoms with Crippen LogP contribution in [-0.2, 0) is 37.1 Å². The molecule has 0 radical (unpaired) electrons. The second kappa shape index (κ2) is 24.0. The molecule has 19 heteroatoms. The van der Waals surface area contributed by atoms with Gasteiger partial charge in [-0.1, -0.05) is 38.1 Å². The molecule has 1 fully saturated rings. The summed E-state index contributed by atoms with van der Waals surface area (Å²) >= 11 is -2.76. The van der Waals surface area contributed by atoms with Crippen molar-refractivity contribution in [2.75, 3.05) is 31.1 Å². The number of allylic oxidation sites excluding steroid dienone is 6. The maximum atomic E-state index is 14.2. The number of fused-ring (bicyclic) bond motifs is 4. The van der Waals surface area contributed by atoms with E-state index in [9.17, 15) is 51.1 Å². The van der Waals surface area contributed by atoms with Crippen molar-refractivity contribution >= 4 is 67.3 Å². The lowest BCUT2D eigenvalue weighted by Gasteiger charge is -2.42. The molecule has 17 nitrogen and oxygen atoms in total. The molecule has 0 bridgehead atoms. The van der Waals surface area contributed by atoms with Crippen LogP contribution in [0, 0.1) is 11.8 Å². The molecule has 4 aromatic carbocycles. The van der Waals surface area contributed by atoms with Crippen molar-refractivity contribution in [3.8, 4) is 45.8 Å². The highest BCUT2D eigenvalue weighted by Gasteiger charge is 2.45. The van der Waals surface area contributed by atoms with Gasteiger partial charge in [0.05, 0.1) is 15.9 Å². The third-order valence-electron chi connectivity index (χ3n) is 16.3. The summed E-state index contributed by atoms with van der Waals surface area (Å²) in [5.74, 6) is 4.69. The number of amides is 2. The van der Waals surface area contributed by atoms with Crippen LogP contribution >= 0.6 is 0 Å². The Morgan fingerprint density at radius 3 is 2.36 bits per heavy atom.